The van der Waals surface area contributed by atoms with Crippen LogP contribution in [0.25, 0.3) is 0 Å². The molecule has 1 aliphatic rings. The number of likely N-dealkylation sites (tertiary alicyclic amines) is 1. The third kappa shape index (κ3) is 4.11. The Bertz CT molecular complexity index is 382. The Morgan fingerprint density at radius 3 is 2.24 bits per heavy atom. The van der Waals surface area contributed by atoms with Gasteiger partial charge in [0, 0.05) is 13.1 Å². The maximum Gasteiger partial charge on any atom is 0.410 e. The van der Waals surface area contributed by atoms with Crippen LogP contribution in [0.5, 0.6) is 0 Å². The van der Waals surface area contributed by atoms with Gasteiger partial charge in [-0.15, -0.1) is 0 Å². The number of rotatable bonds is 4. The van der Waals surface area contributed by atoms with Crippen molar-refractivity contribution >= 4 is 12.1 Å². The number of carboxylic acids is 1. The van der Waals surface area contributed by atoms with Crippen molar-refractivity contribution < 1.29 is 19.4 Å². The summed E-state index contributed by atoms with van der Waals surface area (Å²) in [5.41, 5.74) is -1.26. The summed E-state index contributed by atoms with van der Waals surface area (Å²) in [6, 6.07) is 0. The standard InChI is InChI=1S/C16H29NO4/c1-6-16(7-2,13(18)19)12-9-8-10-17(11-12)14(20)21-15(3,4)5/h12H,6-11H2,1-5H3,(H,18,19)/t12-/m1/s1. The molecule has 5 heteroatoms. The molecule has 0 aromatic heterocycles. The van der Waals surface area contributed by atoms with Crippen LogP contribution in [0, 0.1) is 11.3 Å². The molecule has 21 heavy (non-hydrogen) atoms. The number of carbonyl (C=O) groups excluding carboxylic acids is 1. The van der Waals surface area contributed by atoms with Crippen LogP contribution in [0.2, 0.25) is 0 Å². The first-order valence-electron chi connectivity index (χ1n) is 7.87. The van der Waals surface area contributed by atoms with Crippen molar-refractivity contribution in [1.82, 2.24) is 4.90 Å². The lowest BCUT2D eigenvalue weighted by Crippen LogP contribution is -2.49. The van der Waals surface area contributed by atoms with E-state index >= 15 is 0 Å². The Morgan fingerprint density at radius 2 is 1.81 bits per heavy atom. The van der Waals surface area contributed by atoms with Gasteiger partial charge in [0.15, 0.2) is 0 Å². The number of hydrogen-bond acceptors (Lipinski definition) is 3. The zero-order valence-electron chi connectivity index (χ0n) is 13.9. The second-order valence-corrected chi connectivity index (χ2v) is 6.93. The van der Waals surface area contributed by atoms with Crippen LogP contribution in [0.1, 0.15) is 60.3 Å². The van der Waals surface area contributed by atoms with Crippen molar-refractivity contribution in [2.75, 3.05) is 13.1 Å². The molecule has 0 unspecified atom stereocenters. The normalized spacial score (nSPS) is 20.2. The van der Waals surface area contributed by atoms with Crippen molar-refractivity contribution in [2.45, 2.75) is 65.9 Å². The highest BCUT2D eigenvalue weighted by Crippen LogP contribution is 2.40. The Hall–Kier alpha value is -1.26. The maximum atomic E-state index is 12.2. The molecule has 1 aliphatic heterocycles. The van der Waals surface area contributed by atoms with Crippen molar-refractivity contribution in [3.8, 4) is 0 Å². The number of nitrogens with zero attached hydrogens (tertiary/aromatic N) is 1. The SMILES string of the molecule is CCC(CC)(C(=O)O)[C@@H]1CCCN(C(=O)OC(C)(C)C)C1. The molecule has 0 bridgehead atoms. The van der Waals surface area contributed by atoms with E-state index in [9.17, 15) is 14.7 Å². The molecule has 0 spiro atoms. The summed E-state index contributed by atoms with van der Waals surface area (Å²) in [6.45, 7) is 10.5. The van der Waals surface area contributed by atoms with Crippen LogP contribution in [0.3, 0.4) is 0 Å². The highest BCUT2D eigenvalue weighted by atomic mass is 16.6. The van der Waals surface area contributed by atoms with Gasteiger partial charge in [0.1, 0.15) is 5.60 Å². The van der Waals surface area contributed by atoms with E-state index in [0.29, 0.717) is 25.9 Å². The van der Waals surface area contributed by atoms with Crippen molar-refractivity contribution in [1.29, 1.82) is 0 Å². The van der Waals surface area contributed by atoms with E-state index in [4.69, 9.17) is 4.74 Å². The molecule has 0 aliphatic carbocycles. The molecule has 0 radical (unpaired) electrons. The van der Waals surface area contributed by atoms with Gasteiger partial charge in [-0.2, -0.15) is 0 Å². The van der Waals surface area contributed by atoms with E-state index in [1.54, 1.807) is 4.90 Å². The molecule has 0 aromatic rings. The number of carboxylic acid groups (broad SMARTS) is 1. The second kappa shape index (κ2) is 6.67. The van der Waals surface area contributed by atoms with Gasteiger partial charge >= 0.3 is 12.1 Å². The van der Waals surface area contributed by atoms with Gasteiger partial charge in [0.05, 0.1) is 5.41 Å². The first-order valence-corrected chi connectivity index (χ1v) is 7.87. The van der Waals surface area contributed by atoms with Gasteiger partial charge in [-0.25, -0.2) is 4.79 Å². The summed E-state index contributed by atoms with van der Waals surface area (Å²) < 4.78 is 5.41. The fourth-order valence-corrected chi connectivity index (χ4v) is 3.22. The van der Waals surface area contributed by atoms with E-state index in [0.717, 1.165) is 12.8 Å². The minimum Gasteiger partial charge on any atom is -0.481 e. The monoisotopic (exact) mass is 299 g/mol. The summed E-state index contributed by atoms with van der Waals surface area (Å²) in [4.78, 5) is 25.6. The number of ether oxygens (including phenoxy) is 1. The lowest BCUT2D eigenvalue weighted by molar-refractivity contribution is -0.155. The first-order chi connectivity index (χ1) is 9.66. The quantitative estimate of drug-likeness (QED) is 0.862. The minimum atomic E-state index is -0.747. The van der Waals surface area contributed by atoms with E-state index in [-0.39, 0.29) is 12.0 Å². The Morgan fingerprint density at radius 1 is 1.24 bits per heavy atom. The molecule has 122 valence electrons. The number of amides is 1. The lowest BCUT2D eigenvalue weighted by atomic mass is 9.68. The van der Waals surface area contributed by atoms with E-state index in [1.807, 2.05) is 34.6 Å². The predicted octanol–water partition coefficient (Wildman–Crippen LogP) is 3.52. The largest absolute Gasteiger partial charge is 0.481 e. The highest BCUT2D eigenvalue weighted by Gasteiger charge is 2.45. The number of piperidine rings is 1. The van der Waals surface area contributed by atoms with Gasteiger partial charge in [-0.05, 0) is 52.4 Å². The molecule has 0 saturated carbocycles. The molecular formula is C16H29NO4. The van der Waals surface area contributed by atoms with Crippen molar-refractivity contribution in [2.24, 2.45) is 11.3 Å². The molecule has 1 atom stereocenters. The molecule has 5 nitrogen and oxygen atoms in total. The van der Waals surface area contributed by atoms with Crippen LogP contribution in [-0.4, -0.2) is 40.8 Å². The third-order valence-corrected chi connectivity index (χ3v) is 4.54. The summed E-state index contributed by atoms with van der Waals surface area (Å²) in [5, 5.41) is 9.65. The maximum absolute atomic E-state index is 12.2. The zero-order chi connectivity index (χ0) is 16.3. The fraction of sp³-hybridized carbons (Fsp3) is 0.875. The molecule has 1 saturated heterocycles. The second-order valence-electron chi connectivity index (χ2n) is 6.93. The van der Waals surface area contributed by atoms with Gasteiger partial charge in [0.25, 0.3) is 0 Å². The van der Waals surface area contributed by atoms with Crippen LogP contribution in [0.15, 0.2) is 0 Å². The van der Waals surface area contributed by atoms with Gasteiger partial charge in [-0.1, -0.05) is 13.8 Å². The van der Waals surface area contributed by atoms with Crippen LogP contribution >= 0.6 is 0 Å². The summed E-state index contributed by atoms with van der Waals surface area (Å²) in [6.07, 6.45) is 2.53. The van der Waals surface area contributed by atoms with Crippen molar-refractivity contribution in [3.63, 3.8) is 0 Å². The molecule has 1 amide bonds. The highest BCUT2D eigenvalue weighted by molar-refractivity contribution is 5.75. The van der Waals surface area contributed by atoms with E-state index in [1.165, 1.54) is 0 Å². The molecule has 1 rings (SSSR count). The average Bonchev–Trinajstić information content (AvgIpc) is 2.39. The van der Waals surface area contributed by atoms with Crippen LogP contribution in [-0.2, 0) is 9.53 Å². The molecule has 1 heterocycles. The molecule has 1 fully saturated rings. The van der Waals surface area contributed by atoms with Gasteiger partial charge in [0.2, 0.25) is 0 Å². The summed E-state index contributed by atoms with van der Waals surface area (Å²) in [5.74, 6) is -0.755. The minimum absolute atomic E-state index is 0.00808. The van der Waals surface area contributed by atoms with Gasteiger partial charge in [-0.3, -0.25) is 4.79 Å². The van der Waals surface area contributed by atoms with Gasteiger partial charge < -0.3 is 14.7 Å². The molecule has 1 N–H and O–H groups in total. The summed E-state index contributed by atoms with van der Waals surface area (Å²) in [7, 11) is 0. The molecule has 0 aromatic carbocycles. The smallest absolute Gasteiger partial charge is 0.410 e. The predicted molar refractivity (Wildman–Crippen MR) is 81.2 cm³/mol. The summed E-state index contributed by atoms with van der Waals surface area (Å²) >= 11 is 0. The Labute approximate surface area is 127 Å². The average molecular weight is 299 g/mol. The zero-order valence-corrected chi connectivity index (χ0v) is 13.9. The van der Waals surface area contributed by atoms with E-state index in [2.05, 4.69) is 0 Å². The lowest BCUT2D eigenvalue weighted by Gasteiger charge is -2.42. The third-order valence-electron chi connectivity index (χ3n) is 4.54. The van der Waals surface area contributed by atoms with Crippen LogP contribution < -0.4 is 0 Å². The first kappa shape index (κ1) is 17.8. The van der Waals surface area contributed by atoms with Crippen LogP contribution in [0.4, 0.5) is 4.79 Å². The number of carbonyl (C=O) groups is 2. The molecular weight excluding hydrogens is 270 g/mol. The fourth-order valence-electron chi connectivity index (χ4n) is 3.22. The number of hydrogen-bond donors (Lipinski definition) is 1. The topological polar surface area (TPSA) is 66.8 Å². The Balaban J connectivity index is 2.84. The van der Waals surface area contributed by atoms with Crippen molar-refractivity contribution in [3.05, 3.63) is 0 Å². The van der Waals surface area contributed by atoms with E-state index < -0.39 is 17.0 Å². The Kier molecular flexibility index (Phi) is 5.65. The number of aliphatic carboxylic acids is 1.